The van der Waals surface area contributed by atoms with E-state index in [1.807, 2.05) is 0 Å². The van der Waals surface area contributed by atoms with E-state index in [9.17, 15) is 19.8 Å². The summed E-state index contributed by atoms with van der Waals surface area (Å²) in [5.41, 5.74) is 0. The quantitative estimate of drug-likeness (QED) is 0.0322. The van der Waals surface area contributed by atoms with Crippen LogP contribution in [0.2, 0.25) is 0 Å². The fourth-order valence-electron chi connectivity index (χ4n) is 7.41. The summed E-state index contributed by atoms with van der Waals surface area (Å²) < 4.78 is 5.89. The van der Waals surface area contributed by atoms with Gasteiger partial charge in [-0.2, -0.15) is 0 Å². The Kier molecular flexibility index (Phi) is 46.2. The number of hydrogen-bond acceptors (Lipinski definition) is 5. The molecule has 0 radical (unpaired) electrons. The largest absolute Gasteiger partial charge is 0.462 e. The monoisotopic (exact) mass is 852 g/mol. The Morgan fingerprint density at radius 3 is 1.46 bits per heavy atom. The highest BCUT2D eigenvalue weighted by Crippen LogP contribution is 2.17. The molecular weight excluding hydrogens is 755 g/mol. The molecule has 0 aromatic rings. The normalized spacial score (nSPS) is 13.9. The number of carbonyl (C=O) groups excluding carboxylic acids is 2. The van der Waals surface area contributed by atoms with Crippen LogP contribution in [0.5, 0.6) is 0 Å². The van der Waals surface area contributed by atoms with Crippen molar-refractivity contribution >= 4 is 11.9 Å². The van der Waals surface area contributed by atoms with Gasteiger partial charge in [0, 0.05) is 6.42 Å². The number of aliphatic hydroxyl groups is 2. The summed E-state index contributed by atoms with van der Waals surface area (Å²) in [7, 11) is 0. The van der Waals surface area contributed by atoms with E-state index in [1.54, 1.807) is 0 Å². The third kappa shape index (κ3) is 43.7. The lowest BCUT2D eigenvalue weighted by Gasteiger charge is -2.24. The second-order valence-corrected chi connectivity index (χ2v) is 17.2. The molecule has 0 spiro atoms. The fourth-order valence-corrected chi connectivity index (χ4v) is 7.41. The van der Waals surface area contributed by atoms with Gasteiger partial charge in [-0.15, -0.1) is 0 Å². The number of esters is 1. The van der Waals surface area contributed by atoms with E-state index < -0.39 is 18.2 Å². The van der Waals surface area contributed by atoms with E-state index >= 15 is 0 Å². The maximum atomic E-state index is 13.2. The van der Waals surface area contributed by atoms with Gasteiger partial charge in [-0.25, -0.2) is 0 Å². The summed E-state index contributed by atoms with van der Waals surface area (Å²) in [5, 5.41) is 23.8. The fraction of sp³-hybridized carbons (Fsp3) is 0.745. The van der Waals surface area contributed by atoms with Gasteiger partial charge in [0.2, 0.25) is 5.91 Å². The van der Waals surface area contributed by atoms with Crippen molar-refractivity contribution in [2.24, 2.45) is 0 Å². The van der Waals surface area contributed by atoms with Crippen LogP contribution in [0.15, 0.2) is 72.9 Å². The Balaban J connectivity index is 4.65. The third-order valence-corrected chi connectivity index (χ3v) is 11.3. The van der Waals surface area contributed by atoms with Crippen molar-refractivity contribution in [2.75, 3.05) is 6.61 Å². The molecule has 6 nitrogen and oxygen atoms in total. The predicted octanol–water partition coefficient (Wildman–Crippen LogP) is 15.4. The molecule has 0 aliphatic rings. The van der Waals surface area contributed by atoms with Gasteiger partial charge in [0.1, 0.15) is 6.10 Å². The highest BCUT2D eigenvalue weighted by molar-refractivity contribution is 5.77. The molecule has 0 heterocycles. The highest BCUT2D eigenvalue weighted by Gasteiger charge is 2.24. The number of ether oxygens (including phenoxy) is 1. The molecule has 6 heteroatoms. The van der Waals surface area contributed by atoms with E-state index in [2.05, 4.69) is 99.0 Å². The van der Waals surface area contributed by atoms with Gasteiger partial charge in [0.05, 0.1) is 25.2 Å². The second kappa shape index (κ2) is 48.3. The van der Waals surface area contributed by atoms with Gasteiger partial charge in [-0.1, -0.05) is 216 Å². The molecule has 0 aromatic carbocycles. The SMILES string of the molecule is CC/C=C\C/C=C\C/C=C\C/C=C\C/C=C\CCCC(CC(=O)NC(CO)C(O)CCCCCCCCCCCCCCCCC)OC(=O)CCCCCCC/C=C\CCC. The van der Waals surface area contributed by atoms with Crippen molar-refractivity contribution in [3.63, 3.8) is 0 Å². The van der Waals surface area contributed by atoms with Crippen LogP contribution in [0.1, 0.15) is 239 Å². The van der Waals surface area contributed by atoms with E-state index in [-0.39, 0.29) is 24.9 Å². The first kappa shape index (κ1) is 58.3. The second-order valence-electron chi connectivity index (χ2n) is 17.2. The Hall–Kier alpha value is -2.70. The minimum Gasteiger partial charge on any atom is -0.462 e. The first-order valence-corrected chi connectivity index (χ1v) is 25.7. The smallest absolute Gasteiger partial charge is 0.306 e. The van der Waals surface area contributed by atoms with Crippen molar-refractivity contribution in [3.05, 3.63) is 72.9 Å². The summed E-state index contributed by atoms with van der Waals surface area (Å²) in [5.74, 6) is -0.544. The van der Waals surface area contributed by atoms with Crippen molar-refractivity contribution < 1.29 is 24.5 Å². The minimum atomic E-state index is -0.806. The van der Waals surface area contributed by atoms with Crippen LogP contribution in [0.4, 0.5) is 0 Å². The minimum absolute atomic E-state index is 0.0329. The van der Waals surface area contributed by atoms with Crippen LogP contribution in [0.3, 0.4) is 0 Å². The zero-order chi connectivity index (χ0) is 44.5. The van der Waals surface area contributed by atoms with Gasteiger partial charge >= 0.3 is 5.97 Å². The molecule has 3 atom stereocenters. The van der Waals surface area contributed by atoms with Crippen LogP contribution >= 0.6 is 0 Å². The molecule has 61 heavy (non-hydrogen) atoms. The van der Waals surface area contributed by atoms with Gasteiger partial charge in [0.25, 0.3) is 0 Å². The maximum Gasteiger partial charge on any atom is 0.306 e. The van der Waals surface area contributed by atoms with E-state index in [0.29, 0.717) is 19.3 Å². The van der Waals surface area contributed by atoms with Crippen molar-refractivity contribution in [2.45, 2.75) is 257 Å². The molecule has 352 valence electrons. The summed E-state index contributed by atoms with van der Waals surface area (Å²) in [4.78, 5) is 26.1. The molecule has 1 amide bonds. The average Bonchev–Trinajstić information content (AvgIpc) is 3.25. The van der Waals surface area contributed by atoms with E-state index in [1.165, 1.54) is 96.3 Å². The lowest BCUT2D eigenvalue weighted by Crippen LogP contribution is -2.46. The topological polar surface area (TPSA) is 95.9 Å². The lowest BCUT2D eigenvalue weighted by atomic mass is 10.0. The van der Waals surface area contributed by atoms with Crippen LogP contribution < -0.4 is 5.32 Å². The standard InChI is InChI=1S/C55H97NO5/c1-4-7-10-13-16-19-22-24-26-27-29-30-32-34-37-40-43-46-51(61-55(60)48-45-42-39-36-21-18-15-12-9-6-3)49-54(59)56-52(50-57)53(58)47-44-41-38-35-33-31-28-25-23-20-17-14-11-8-5-2/h7,10,12,15-16,19,24,26,29-30,34,37,51-53,57-58H,4-6,8-9,11,13-14,17-18,20-23,25,27-28,31-33,35-36,38-50H2,1-3H3,(H,56,59)/b10-7-,15-12-,19-16-,26-24-,30-29-,37-34-. The lowest BCUT2D eigenvalue weighted by molar-refractivity contribution is -0.151. The molecule has 3 N–H and O–H groups in total. The maximum absolute atomic E-state index is 13.2. The number of amides is 1. The van der Waals surface area contributed by atoms with Crippen molar-refractivity contribution in [3.8, 4) is 0 Å². The molecule has 0 fully saturated rings. The first-order chi connectivity index (χ1) is 30.0. The molecule has 0 saturated heterocycles. The molecular formula is C55H97NO5. The van der Waals surface area contributed by atoms with Gasteiger partial charge in [-0.05, 0) is 83.5 Å². The van der Waals surface area contributed by atoms with Crippen LogP contribution in [-0.2, 0) is 14.3 Å². The Labute approximate surface area is 377 Å². The van der Waals surface area contributed by atoms with E-state index in [4.69, 9.17) is 4.74 Å². The molecule has 0 aromatic heterocycles. The first-order valence-electron chi connectivity index (χ1n) is 25.7. The predicted molar refractivity (Wildman–Crippen MR) is 264 cm³/mol. The number of rotatable bonds is 45. The molecule has 0 aliphatic carbocycles. The summed E-state index contributed by atoms with van der Waals surface area (Å²) in [6.07, 6.45) is 61.1. The van der Waals surface area contributed by atoms with Crippen LogP contribution in [-0.4, -0.2) is 46.9 Å². The van der Waals surface area contributed by atoms with E-state index in [0.717, 1.165) is 96.3 Å². The molecule has 0 saturated carbocycles. The van der Waals surface area contributed by atoms with Gasteiger partial charge < -0.3 is 20.3 Å². The Morgan fingerprint density at radius 1 is 0.492 bits per heavy atom. The average molecular weight is 852 g/mol. The Morgan fingerprint density at radius 2 is 0.934 bits per heavy atom. The number of nitrogens with one attached hydrogen (secondary N) is 1. The summed E-state index contributed by atoms with van der Waals surface area (Å²) in [6, 6.07) is -0.723. The zero-order valence-electron chi connectivity index (χ0n) is 40.0. The van der Waals surface area contributed by atoms with Crippen LogP contribution in [0.25, 0.3) is 0 Å². The van der Waals surface area contributed by atoms with Crippen molar-refractivity contribution in [1.29, 1.82) is 0 Å². The molecule has 0 rings (SSSR count). The molecule has 0 aliphatic heterocycles. The highest BCUT2D eigenvalue weighted by atomic mass is 16.5. The van der Waals surface area contributed by atoms with Crippen molar-refractivity contribution in [1.82, 2.24) is 5.32 Å². The summed E-state index contributed by atoms with van der Waals surface area (Å²) in [6.45, 7) is 6.29. The third-order valence-electron chi connectivity index (χ3n) is 11.3. The number of aliphatic hydroxyl groups excluding tert-OH is 2. The number of allylic oxidation sites excluding steroid dienone is 12. The number of unbranched alkanes of at least 4 members (excludes halogenated alkanes) is 21. The number of hydrogen-bond donors (Lipinski definition) is 3. The van der Waals surface area contributed by atoms with Gasteiger partial charge in [0.15, 0.2) is 0 Å². The number of carbonyl (C=O) groups is 2. The van der Waals surface area contributed by atoms with Gasteiger partial charge in [-0.3, -0.25) is 9.59 Å². The van der Waals surface area contributed by atoms with Crippen LogP contribution in [0, 0.1) is 0 Å². The Bertz CT molecular complexity index is 1140. The summed E-state index contributed by atoms with van der Waals surface area (Å²) >= 11 is 0. The zero-order valence-corrected chi connectivity index (χ0v) is 40.0. The molecule has 3 unspecified atom stereocenters. The molecule has 0 bridgehead atoms.